The van der Waals surface area contributed by atoms with Crippen molar-refractivity contribution in [1.29, 1.82) is 0 Å². The maximum Gasteiger partial charge on any atom is 0.336 e. The highest BCUT2D eigenvalue weighted by Crippen LogP contribution is 2.45. The van der Waals surface area contributed by atoms with Crippen molar-refractivity contribution >= 4 is 33.7 Å². The Labute approximate surface area is 178 Å². The number of ether oxygens (including phenoxy) is 2. The van der Waals surface area contributed by atoms with E-state index in [4.69, 9.17) is 9.47 Å². The number of carbonyl (C=O) groups is 3. The predicted molar refractivity (Wildman–Crippen MR) is 111 cm³/mol. The highest BCUT2D eigenvalue weighted by atomic mass is 79.9. The standard InChI is InChI=1S/C22H24BrNO5/c1-5-29-22(27)17-12(3)24-15-9-11(2)16(21(26)28-4)20(25)19(15)18(17)13-7-6-8-14(23)10-13/h6-8,10-11,16,18,24H,5,9H2,1-4H3. The predicted octanol–water partition coefficient (Wildman–Crippen LogP) is 3.63. The Morgan fingerprint density at radius 1 is 1.31 bits per heavy atom. The van der Waals surface area contributed by atoms with E-state index in [1.807, 2.05) is 38.1 Å². The van der Waals surface area contributed by atoms with Gasteiger partial charge in [0.15, 0.2) is 5.78 Å². The Bertz CT molecular complexity index is 933. The van der Waals surface area contributed by atoms with Crippen LogP contribution in [0.5, 0.6) is 0 Å². The molecule has 3 rings (SSSR count). The van der Waals surface area contributed by atoms with Gasteiger partial charge in [-0.1, -0.05) is 35.0 Å². The van der Waals surface area contributed by atoms with Crippen LogP contribution in [0.1, 0.15) is 38.7 Å². The lowest BCUT2D eigenvalue weighted by Crippen LogP contribution is -2.43. The van der Waals surface area contributed by atoms with Crippen LogP contribution < -0.4 is 5.32 Å². The zero-order chi connectivity index (χ0) is 21.3. The number of hydrogen-bond donors (Lipinski definition) is 1. The SMILES string of the molecule is CCOC(=O)C1=C(C)NC2=C(C(=O)C(C(=O)OC)C(C)C2)C1c1cccc(Br)c1. The second kappa shape index (κ2) is 8.53. The molecule has 1 heterocycles. The molecular formula is C22H24BrNO5. The first kappa shape index (κ1) is 21.3. The van der Waals surface area contributed by atoms with Crippen molar-refractivity contribution in [2.75, 3.05) is 13.7 Å². The van der Waals surface area contributed by atoms with Crippen LogP contribution in [0.3, 0.4) is 0 Å². The molecule has 6 nitrogen and oxygen atoms in total. The minimum absolute atomic E-state index is 0.207. The molecule has 0 saturated carbocycles. The summed E-state index contributed by atoms with van der Waals surface area (Å²) in [4.78, 5) is 38.7. The molecule has 1 aromatic rings. The number of Topliss-reactive ketones (excluding diaryl/α,β-unsaturated/α-hetero) is 1. The Morgan fingerprint density at radius 3 is 2.66 bits per heavy atom. The lowest BCUT2D eigenvalue weighted by molar-refractivity contribution is -0.151. The molecule has 0 bridgehead atoms. The number of benzene rings is 1. The first-order chi connectivity index (χ1) is 13.8. The zero-order valence-corrected chi connectivity index (χ0v) is 18.5. The molecule has 7 heteroatoms. The normalized spacial score (nSPS) is 24.0. The average molecular weight is 462 g/mol. The molecule has 0 aromatic heterocycles. The summed E-state index contributed by atoms with van der Waals surface area (Å²) >= 11 is 3.47. The highest BCUT2D eigenvalue weighted by molar-refractivity contribution is 9.10. The Kier molecular flexibility index (Phi) is 6.27. The van der Waals surface area contributed by atoms with Crippen LogP contribution in [0, 0.1) is 11.8 Å². The minimum atomic E-state index is -0.892. The maximum absolute atomic E-state index is 13.5. The van der Waals surface area contributed by atoms with Gasteiger partial charge in [-0.15, -0.1) is 0 Å². The third-order valence-electron chi connectivity index (χ3n) is 5.42. The van der Waals surface area contributed by atoms with Crippen LogP contribution in [0.15, 0.2) is 51.3 Å². The second-order valence-corrected chi connectivity index (χ2v) is 8.23. The number of halogens is 1. The van der Waals surface area contributed by atoms with Crippen LogP contribution in [-0.4, -0.2) is 31.4 Å². The van der Waals surface area contributed by atoms with E-state index in [0.29, 0.717) is 23.3 Å². The number of dihydropyridines is 1. The van der Waals surface area contributed by atoms with Crippen LogP contribution in [-0.2, 0) is 23.9 Å². The molecule has 29 heavy (non-hydrogen) atoms. The average Bonchev–Trinajstić information content (AvgIpc) is 2.66. The van der Waals surface area contributed by atoms with Gasteiger partial charge in [-0.3, -0.25) is 9.59 Å². The van der Waals surface area contributed by atoms with Crippen molar-refractivity contribution < 1.29 is 23.9 Å². The molecular weight excluding hydrogens is 438 g/mol. The van der Waals surface area contributed by atoms with Gasteiger partial charge in [0.2, 0.25) is 0 Å². The number of methoxy groups -OCH3 is 1. The smallest absolute Gasteiger partial charge is 0.336 e. The molecule has 0 radical (unpaired) electrons. The summed E-state index contributed by atoms with van der Waals surface area (Å²) in [6.45, 7) is 5.63. The second-order valence-electron chi connectivity index (χ2n) is 7.31. The minimum Gasteiger partial charge on any atom is -0.468 e. The molecule has 0 spiro atoms. The Balaban J connectivity index is 2.19. The van der Waals surface area contributed by atoms with Crippen molar-refractivity contribution in [3.05, 3.63) is 56.8 Å². The van der Waals surface area contributed by atoms with Crippen LogP contribution in [0.25, 0.3) is 0 Å². The van der Waals surface area contributed by atoms with Crippen molar-refractivity contribution in [2.24, 2.45) is 11.8 Å². The summed E-state index contributed by atoms with van der Waals surface area (Å²) < 4.78 is 11.0. The molecule has 1 N–H and O–H groups in total. The van der Waals surface area contributed by atoms with Crippen LogP contribution in [0.4, 0.5) is 0 Å². The summed E-state index contributed by atoms with van der Waals surface area (Å²) in [7, 11) is 1.28. The molecule has 0 saturated heterocycles. The van der Waals surface area contributed by atoms with Gasteiger partial charge in [-0.2, -0.15) is 0 Å². The third kappa shape index (κ3) is 3.88. The molecule has 3 unspecified atom stereocenters. The molecule has 154 valence electrons. The summed E-state index contributed by atoms with van der Waals surface area (Å²) in [5.41, 5.74) is 3.00. The van der Waals surface area contributed by atoms with E-state index in [-0.39, 0.29) is 18.3 Å². The summed E-state index contributed by atoms with van der Waals surface area (Å²) in [6.07, 6.45) is 0.513. The van der Waals surface area contributed by atoms with Gasteiger partial charge in [0.1, 0.15) is 5.92 Å². The van der Waals surface area contributed by atoms with Gasteiger partial charge >= 0.3 is 11.9 Å². The first-order valence-electron chi connectivity index (χ1n) is 9.55. The highest BCUT2D eigenvalue weighted by Gasteiger charge is 2.47. The lowest BCUT2D eigenvalue weighted by atomic mass is 9.69. The van der Waals surface area contributed by atoms with Gasteiger partial charge < -0.3 is 14.8 Å². The topological polar surface area (TPSA) is 81.7 Å². The fourth-order valence-corrected chi connectivity index (χ4v) is 4.60. The fourth-order valence-electron chi connectivity index (χ4n) is 4.18. The number of esters is 2. The molecule has 1 aromatic carbocycles. The third-order valence-corrected chi connectivity index (χ3v) is 5.91. The zero-order valence-electron chi connectivity index (χ0n) is 16.9. The Hall–Kier alpha value is -2.41. The van der Waals surface area contributed by atoms with Crippen LogP contribution >= 0.6 is 15.9 Å². The van der Waals surface area contributed by atoms with E-state index < -0.39 is 23.8 Å². The quantitative estimate of drug-likeness (QED) is 0.544. The van der Waals surface area contributed by atoms with Gasteiger partial charge in [-0.25, -0.2) is 4.79 Å². The fraction of sp³-hybridized carbons (Fsp3) is 0.409. The number of allylic oxidation sites excluding steroid dienone is 3. The van der Waals surface area contributed by atoms with Crippen molar-refractivity contribution in [3.8, 4) is 0 Å². The largest absolute Gasteiger partial charge is 0.468 e. The lowest BCUT2D eigenvalue weighted by Gasteiger charge is -2.38. The number of ketones is 1. The molecule has 1 aliphatic heterocycles. The van der Waals surface area contributed by atoms with E-state index in [9.17, 15) is 14.4 Å². The maximum atomic E-state index is 13.5. The first-order valence-corrected chi connectivity index (χ1v) is 10.3. The van der Waals surface area contributed by atoms with Crippen molar-refractivity contribution in [1.82, 2.24) is 5.32 Å². The van der Waals surface area contributed by atoms with Gasteiger partial charge in [0, 0.05) is 27.4 Å². The summed E-state index contributed by atoms with van der Waals surface area (Å²) in [6, 6.07) is 7.48. The van der Waals surface area contributed by atoms with Gasteiger partial charge in [0.05, 0.1) is 19.3 Å². The Morgan fingerprint density at radius 2 is 2.03 bits per heavy atom. The van der Waals surface area contributed by atoms with E-state index in [1.54, 1.807) is 6.92 Å². The van der Waals surface area contributed by atoms with E-state index >= 15 is 0 Å². The molecule has 1 aliphatic carbocycles. The van der Waals surface area contributed by atoms with Crippen LogP contribution in [0.2, 0.25) is 0 Å². The van der Waals surface area contributed by atoms with Gasteiger partial charge in [0.25, 0.3) is 0 Å². The molecule has 2 aliphatic rings. The number of rotatable bonds is 4. The molecule has 3 atom stereocenters. The number of nitrogens with one attached hydrogen (secondary N) is 1. The molecule has 0 amide bonds. The van der Waals surface area contributed by atoms with Gasteiger partial charge in [-0.05, 0) is 43.9 Å². The van der Waals surface area contributed by atoms with E-state index in [2.05, 4.69) is 21.2 Å². The number of hydrogen-bond acceptors (Lipinski definition) is 6. The summed E-state index contributed by atoms with van der Waals surface area (Å²) in [5.74, 6) is -3.05. The van der Waals surface area contributed by atoms with E-state index in [0.717, 1.165) is 15.7 Å². The van der Waals surface area contributed by atoms with E-state index in [1.165, 1.54) is 7.11 Å². The number of carbonyl (C=O) groups excluding carboxylic acids is 3. The molecule has 0 fully saturated rings. The summed E-state index contributed by atoms with van der Waals surface area (Å²) in [5, 5.41) is 3.23. The monoisotopic (exact) mass is 461 g/mol. The van der Waals surface area contributed by atoms with Crippen molar-refractivity contribution in [2.45, 2.75) is 33.1 Å². The van der Waals surface area contributed by atoms with Crippen molar-refractivity contribution in [3.63, 3.8) is 0 Å².